The third-order valence-electron chi connectivity index (χ3n) is 4.39. The second-order valence-corrected chi connectivity index (χ2v) is 6.25. The summed E-state index contributed by atoms with van der Waals surface area (Å²) in [6.45, 7) is 4.27. The van der Waals surface area contributed by atoms with Gasteiger partial charge in [0.2, 0.25) is 0 Å². The molecule has 6 heteroatoms. The van der Waals surface area contributed by atoms with Crippen molar-refractivity contribution in [2.24, 2.45) is 0 Å². The molecule has 5 nitrogen and oxygen atoms in total. The van der Waals surface area contributed by atoms with Crippen LogP contribution in [0.1, 0.15) is 11.1 Å². The number of nitrogens with one attached hydrogen (secondary N) is 1. The van der Waals surface area contributed by atoms with Crippen LogP contribution in [0.15, 0.2) is 48.0 Å². The highest BCUT2D eigenvalue weighted by Crippen LogP contribution is 2.23. The molecule has 0 saturated carbocycles. The first-order chi connectivity index (χ1) is 13.1. The number of hydrogen-bond acceptors (Lipinski definition) is 4. The minimum Gasteiger partial charge on any atom is -0.378 e. The Morgan fingerprint density at radius 3 is 2.67 bits per heavy atom. The van der Waals surface area contributed by atoms with E-state index in [1.807, 2.05) is 30.0 Å². The Morgan fingerprint density at radius 1 is 1.26 bits per heavy atom. The number of nitriles is 1. The molecule has 138 valence electrons. The van der Waals surface area contributed by atoms with E-state index in [4.69, 9.17) is 4.74 Å². The first-order valence-electron chi connectivity index (χ1n) is 8.69. The van der Waals surface area contributed by atoms with Crippen molar-refractivity contribution >= 4 is 23.4 Å². The third kappa shape index (κ3) is 4.52. The number of anilines is 2. The Bertz CT molecular complexity index is 912. The molecule has 0 radical (unpaired) electrons. The quantitative estimate of drug-likeness (QED) is 0.665. The number of aryl methyl sites for hydroxylation is 1. The van der Waals surface area contributed by atoms with Crippen molar-refractivity contribution in [3.63, 3.8) is 0 Å². The molecule has 3 rings (SSSR count). The molecule has 1 amide bonds. The third-order valence-corrected chi connectivity index (χ3v) is 4.39. The molecule has 1 saturated heterocycles. The van der Waals surface area contributed by atoms with Gasteiger partial charge in [0, 0.05) is 18.8 Å². The molecule has 0 unspecified atom stereocenters. The number of ether oxygens (including phenoxy) is 1. The maximum absolute atomic E-state index is 14.5. The number of carbonyl (C=O) groups is 1. The molecule has 2 aromatic rings. The molecule has 0 spiro atoms. The van der Waals surface area contributed by atoms with E-state index in [9.17, 15) is 14.4 Å². The van der Waals surface area contributed by atoms with E-state index in [-0.39, 0.29) is 11.4 Å². The van der Waals surface area contributed by atoms with Crippen molar-refractivity contribution in [3.8, 4) is 6.07 Å². The van der Waals surface area contributed by atoms with Crippen LogP contribution in [0.4, 0.5) is 15.8 Å². The summed E-state index contributed by atoms with van der Waals surface area (Å²) in [7, 11) is 0. The van der Waals surface area contributed by atoms with Gasteiger partial charge in [-0.05, 0) is 42.3 Å². The van der Waals surface area contributed by atoms with Gasteiger partial charge in [-0.25, -0.2) is 4.39 Å². The standard InChI is InChI=1S/C21H20FN3O2/c1-15-4-2-3-5-19(15)24-21(26)17(14-23)12-16-6-7-20(18(22)13-16)25-8-10-27-11-9-25/h2-7,12-13H,8-11H2,1H3,(H,24,26)/b17-12-. The molecule has 0 atom stereocenters. The van der Waals surface area contributed by atoms with Crippen molar-refractivity contribution < 1.29 is 13.9 Å². The van der Waals surface area contributed by atoms with Gasteiger partial charge in [-0.15, -0.1) is 0 Å². The normalized spacial score (nSPS) is 14.6. The highest BCUT2D eigenvalue weighted by atomic mass is 19.1. The predicted octanol–water partition coefficient (Wildman–Crippen LogP) is 3.52. The summed E-state index contributed by atoms with van der Waals surface area (Å²) >= 11 is 0. The lowest BCUT2D eigenvalue weighted by atomic mass is 10.1. The lowest BCUT2D eigenvalue weighted by Gasteiger charge is -2.29. The zero-order valence-electron chi connectivity index (χ0n) is 15.0. The van der Waals surface area contributed by atoms with Crippen molar-refractivity contribution in [1.29, 1.82) is 5.26 Å². The minimum absolute atomic E-state index is 0.0863. The van der Waals surface area contributed by atoms with Gasteiger partial charge in [-0.3, -0.25) is 4.79 Å². The van der Waals surface area contributed by atoms with Crippen molar-refractivity contribution in [3.05, 3.63) is 65.0 Å². The second kappa shape index (κ2) is 8.47. The van der Waals surface area contributed by atoms with Crippen LogP contribution in [0.3, 0.4) is 0 Å². The molecule has 0 aliphatic carbocycles. The van der Waals surface area contributed by atoms with Gasteiger partial charge in [0.1, 0.15) is 17.5 Å². The summed E-state index contributed by atoms with van der Waals surface area (Å²) in [4.78, 5) is 14.3. The molecule has 1 N–H and O–H groups in total. The van der Waals surface area contributed by atoms with Crippen molar-refractivity contribution in [2.75, 3.05) is 36.5 Å². The van der Waals surface area contributed by atoms with Crippen LogP contribution in [0.2, 0.25) is 0 Å². The van der Waals surface area contributed by atoms with Crippen LogP contribution in [-0.2, 0) is 9.53 Å². The smallest absolute Gasteiger partial charge is 0.266 e. The molecule has 2 aromatic carbocycles. The van der Waals surface area contributed by atoms with Crippen molar-refractivity contribution in [1.82, 2.24) is 0 Å². The molecule has 0 bridgehead atoms. The predicted molar refractivity (Wildman–Crippen MR) is 103 cm³/mol. The summed E-state index contributed by atoms with van der Waals surface area (Å²) < 4.78 is 19.8. The highest BCUT2D eigenvalue weighted by Gasteiger charge is 2.16. The van der Waals surface area contributed by atoms with E-state index in [1.54, 1.807) is 24.3 Å². The van der Waals surface area contributed by atoms with E-state index in [0.29, 0.717) is 43.2 Å². The van der Waals surface area contributed by atoms with Gasteiger partial charge in [0.15, 0.2) is 0 Å². The lowest BCUT2D eigenvalue weighted by molar-refractivity contribution is -0.112. The molecule has 1 fully saturated rings. The van der Waals surface area contributed by atoms with Crippen LogP contribution in [-0.4, -0.2) is 32.2 Å². The van der Waals surface area contributed by atoms with Crippen LogP contribution in [0, 0.1) is 24.1 Å². The average molecular weight is 365 g/mol. The van der Waals surface area contributed by atoms with E-state index in [0.717, 1.165) is 5.56 Å². The topological polar surface area (TPSA) is 65.4 Å². The number of nitrogens with zero attached hydrogens (tertiary/aromatic N) is 2. The summed E-state index contributed by atoms with van der Waals surface area (Å²) in [5.41, 5.74) is 2.40. The highest BCUT2D eigenvalue weighted by molar-refractivity contribution is 6.09. The van der Waals surface area contributed by atoms with E-state index in [2.05, 4.69) is 5.32 Å². The van der Waals surface area contributed by atoms with E-state index in [1.165, 1.54) is 12.1 Å². The SMILES string of the molecule is Cc1ccccc1NC(=O)/C(C#N)=C\c1ccc(N2CCOCC2)c(F)c1. The summed E-state index contributed by atoms with van der Waals surface area (Å²) in [6.07, 6.45) is 1.39. The Morgan fingerprint density at radius 2 is 2.00 bits per heavy atom. The van der Waals surface area contributed by atoms with E-state index >= 15 is 0 Å². The fourth-order valence-electron chi connectivity index (χ4n) is 2.89. The number of para-hydroxylation sites is 1. The van der Waals surface area contributed by atoms with Crippen molar-refractivity contribution in [2.45, 2.75) is 6.92 Å². The zero-order chi connectivity index (χ0) is 19.2. The first-order valence-corrected chi connectivity index (χ1v) is 8.69. The molecule has 27 heavy (non-hydrogen) atoms. The summed E-state index contributed by atoms with van der Waals surface area (Å²) in [6, 6.07) is 13.9. The Hall–Kier alpha value is -3.17. The number of halogens is 1. The van der Waals surface area contributed by atoms with Crippen LogP contribution in [0.25, 0.3) is 6.08 Å². The molecular formula is C21H20FN3O2. The largest absolute Gasteiger partial charge is 0.378 e. The van der Waals surface area contributed by atoms with Crippen LogP contribution < -0.4 is 10.2 Å². The molecular weight excluding hydrogens is 345 g/mol. The number of amides is 1. The molecule has 1 aliphatic rings. The molecule has 0 aromatic heterocycles. The summed E-state index contributed by atoms with van der Waals surface area (Å²) in [5.74, 6) is -0.910. The molecule has 1 aliphatic heterocycles. The average Bonchev–Trinajstić information content (AvgIpc) is 2.68. The van der Waals surface area contributed by atoms with Crippen LogP contribution in [0.5, 0.6) is 0 Å². The van der Waals surface area contributed by atoms with Gasteiger partial charge >= 0.3 is 0 Å². The van der Waals surface area contributed by atoms with Gasteiger partial charge < -0.3 is 15.0 Å². The number of rotatable bonds is 4. The zero-order valence-corrected chi connectivity index (χ0v) is 15.0. The second-order valence-electron chi connectivity index (χ2n) is 6.25. The number of carbonyl (C=O) groups excluding carboxylic acids is 1. The maximum atomic E-state index is 14.5. The Balaban J connectivity index is 1.79. The first kappa shape index (κ1) is 18.6. The van der Waals surface area contributed by atoms with E-state index < -0.39 is 5.91 Å². The molecule has 1 heterocycles. The minimum atomic E-state index is -0.524. The van der Waals surface area contributed by atoms with Gasteiger partial charge in [0.05, 0.1) is 18.9 Å². The Kier molecular flexibility index (Phi) is 5.84. The van der Waals surface area contributed by atoms with Gasteiger partial charge in [0.25, 0.3) is 5.91 Å². The fourth-order valence-corrected chi connectivity index (χ4v) is 2.89. The fraction of sp³-hybridized carbons (Fsp3) is 0.238. The lowest BCUT2D eigenvalue weighted by Crippen LogP contribution is -2.36. The number of hydrogen-bond donors (Lipinski definition) is 1. The maximum Gasteiger partial charge on any atom is 0.266 e. The summed E-state index contributed by atoms with van der Waals surface area (Å²) in [5, 5.41) is 12.1. The number of benzene rings is 2. The van der Waals surface area contributed by atoms with Crippen LogP contribution >= 0.6 is 0 Å². The Labute approximate surface area is 157 Å². The van der Waals surface area contributed by atoms with Gasteiger partial charge in [-0.1, -0.05) is 24.3 Å². The number of morpholine rings is 1. The van der Waals surface area contributed by atoms with Gasteiger partial charge in [-0.2, -0.15) is 5.26 Å². The monoisotopic (exact) mass is 365 g/mol.